The fraction of sp³-hybridized carbons (Fsp3) is 0.846. The summed E-state index contributed by atoms with van der Waals surface area (Å²) in [6, 6.07) is 0.739. The molecule has 0 amide bonds. The van der Waals surface area contributed by atoms with Crippen molar-refractivity contribution < 1.29 is 0 Å². The van der Waals surface area contributed by atoms with Crippen LogP contribution in [0.5, 0.6) is 0 Å². The lowest BCUT2D eigenvalue weighted by atomic mass is 10.0. The van der Waals surface area contributed by atoms with E-state index < -0.39 is 0 Å². The Morgan fingerprint density at radius 1 is 1.14 bits per heavy atom. The zero-order valence-corrected chi connectivity index (χ0v) is 10.0. The van der Waals surface area contributed by atoms with Crippen LogP contribution in [0.4, 0.5) is 0 Å². The Balaban J connectivity index is 3.08. The van der Waals surface area contributed by atoms with Crippen LogP contribution in [0.25, 0.3) is 0 Å². The first-order chi connectivity index (χ1) is 6.85. The molecule has 0 rings (SSSR count). The maximum absolute atomic E-state index is 3.73. The molecule has 1 N–H and O–H groups in total. The van der Waals surface area contributed by atoms with Gasteiger partial charge in [0.15, 0.2) is 0 Å². The van der Waals surface area contributed by atoms with Gasteiger partial charge in [-0.3, -0.25) is 0 Å². The van der Waals surface area contributed by atoms with Gasteiger partial charge in [0.2, 0.25) is 0 Å². The largest absolute Gasteiger partial charge is 0.317 e. The smallest absolute Gasteiger partial charge is 0.00614 e. The Labute approximate surface area is 90.0 Å². The molecule has 1 unspecified atom stereocenters. The Kier molecular flexibility index (Phi) is 10.5. The zero-order chi connectivity index (χ0) is 10.6. The average molecular weight is 197 g/mol. The molecule has 0 saturated heterocycles. The van der Waals surface area contributed by atoms with Gasteiger partial charge in [0.25, 0.3) is 0 Å². The number of hydrogen-bond acceptors (Lipinski definition) is 1. The maximum Gasteiger partial charge on any atom is 0.00614 e. The van der Waals surface area contributed by atoms with E-state index in [1.165, 1.54) is 51.4 Å². The minimum absolute atomic E-state index is 0.739. The second-order valence-corrected chi connectivity index (χ2v) is 4.03. The van der Waals surface area contributed by atoms with Crippen molar-refractivity contribution in [3.05, 3.63) is 12.7 Å². The first-order valence-corrected chi connectivity index (χ1v) is 6.13. The second-order valence-electron chi connectivity index (χ2n) is 4.03. The highest BCUT2D eigenvalue weighted by atomic mass is 14.9. The number of hydrogen-bond donors (Lipinski definition) is 1. The molecule has 0 fully saturated rings. The van der Waals surface area contributed by atoms with Crippen molar-refractivity contribution in [3.8, 4) is 0 Å². The van der Waals surface area contributed by atoms with Crippen molar-refractivity contribution in [3.63, 3.8) is 0 Å². The molecule has 14 heavy (non-hydrogen) atoms. The minimum atomic E-state index is 0.739. The molecule has 1 nitrogen and oxygen atoms in total. The summed E-state index contributed by atoms with van der Waals surface area (Å²) in [5, 5.41) is 3.35. The molecule has 0 aliphatic carbocycles. The fourth-order valence-electron chi connectivity index (χ4n) is 1.76. The van der Waals surface area contributed by atoms with Gasteiger partial charge in [-0.1, -0.05) is 38.7 Å². The van der Waals surface area contributed by atoms with Crippen molar-refractivity contribution in [2.75, 3.05) is 7.05 Å². The second kappa shape index (κ2) is 10.8. The van der Waals surface area contributed by atoms with Crippen LogP contribution >= 0.6 is 0 Å². The Hall–Kier alpha value is -0.300. The maximum atomic E-state index is 3.73. The molecule has 0 radical (unpaired) electrons. The van der Waals surface area contributed by atoms with Gasteiger partial charge in [0, 0.05) is 6.04 Å². The summed E-state index contributed by atoms with van der Waals surface area (Å²) in [7, 11) is 2.07. The van der Waals surface area contributed by atoms with Crippen LogP contribution in [0.1, 0.15) is 58.3 Å². The van der Waals surface area contributed by atoms with Crippen LogP contribution in [0.2, 0.25) is 0 Å². The highest BCUT2D eigenvalue weighted by Gasteiger charge is 2.01. The van der Waals surface area contributed by atoms with Crippen molar-refractivity contribution in [1.82, 2.24) is 5.32 Å². The van der Waals surface area contributed by atoms with Crippen molar-refractivity contribution in [1.29, 1.82) is 0 Å². The van der Waals surface area contributed by atoms with Gasteiger partial charge in [-0.25, -0.2) is 0 Å². The van der Waals surface area contributed by atoms with Gasteiger partial charge in [-0.2, -0.15) is 0 Å². The first kappa shape index (κ1) is 13.7. The van der Waals surface area contributed by atoms with Crippen LogP contribution in [0.15, 0.2) is 12.7 Å². The number of allylic oxidation sites excluding steroid dienone is 1. The summed E-state index contributed by atoms with van der Waals surface area (Å²) in [6.45, 7) is 5.99. The summed E-state index contributed by atoms with van der Waals surface area (Å²) >= 11 is 0. The van der Waals surface area contributed by atoms with Crippen LogP contribution in [-0.2, 0) is 0 Å². The van der Waals surface area contributed by atoms with Crippen molar-refractivity contribution >= 4 is 0 Å². The zero-order valence-electron chi connectivity index (χ0n) is 10.0. The highest BCUT2D eigenvalue weighted by Crippen LogP contribution is 2.09. The van der Waals surface area contributed by atoms with E-state index in [1.54, 1.807) is 0 Å². The third kappa shape index (κ3) is 8.31. The van der Waals surface area contributed by atoms with Gasteiger partial charge >= 0.3 is 0 Å². The monoisotopic (exact) mass is 197 g/mol. The standard InChI is InChI=1S/C13H27N/c1-4-6-7-8-9-10-11-12-13(5-2)14-3/h4,13-14H,1,5-12H2,2-3H3. The fourth-order valence-corrected chi connectivity index (χ4v) is 1.76. The molecule has 84 valence electrons. The summed E-state index contributed by atoms with van der Waals surface area (Å²) < 4.78 is 0. The van der Waals surface area contributed by atoms with E-state index in [4.69, 9.17) is 0 Å². The predicted octanol–water partition coefficient (Wildman–Crippen LogP) is 3.90. The molecule has 0 aromatic heterocycles. The summed E-state index contributed by atoms with van der Waals surface area (Å²) in [4.78, 5) is 0. The number of rotatable bonds is 10. The Bertz CT molecular complexity index is 116. The van der Waals surface area contributed by atoms with E-state index >= 15 is 0 Å². The average Bonchev–Trinajstić information content (AvgIpc) is 2.22. The quantitative estimate of drug-likeness (QED) is 0.414. The van der Waals surface area contributed by atoms with Gasteiger partial charge in [0.05, 0.1) is 0 Å². The molecular weight excluding hydrogens is 170 g/mol. The molecule has 0 heterocycles. The Morgan fingerprint density at radius 3 is 2.36 bits per heavy atom. The lowest BCUT2D eigenvalue weighted by molar-refractivity contribution is 0.472. The van der Waals surface area contributed by atoms with Gasteiger partial charge in [-0.05, 0) is 32.7 Å². The van der Waals surface area contributed by atoms with Crippen LogP contribution in [-0.4, -0.2) is 13.1 Å². The number of unbranched alkanes of at least 4 members (excludes halogenated alkanes) is 5. The lowest BCUT2D eigenvalue weighted by Gasteiger charge is -2.12. The molecule has 0 aliphatic heterocycles. The van der Waals surface area contributed by atoms with E-state index in [1.807, 2.05) is 6.08 Å². The van der Waals surface area contributed by atoms with Crippen LogP contribution in [0.3, 0.4) is 0 Å². The lowest BCUT2D eigenvalue weighted by Crippen LogP contribution is -2.23. The summed E-state index contributed by atoms with van der Waals surface area (Å²) in [5.74, 6) is 0. The molecule has 1 heteroatoms. The summed E-state index contributed by atoms with van der Waals surface area (Å²) in [6.07, 6.45) is 12.7. The van der Waals surface area contributed by atoms with Gasteiger partial charge in [0.1, 0.15) is 0 Å². The molecule has 0 spiro atoms. The van der Waals surface area contributed by atoms with Crippen molar-refractivity contribution in [2.45, 2.75) is 64.3 Å². The predicted molar refractivity (Wildman–Crippen MR) is 65.7 cm³/mol. The van der Waals surface area contributed by atoms with Crippen molar-refractivity contribution in [2.24, 2.45) is 0 Å². The van der Waals surface area contributed by atoms with E-state index in [0.29, 0.717) is 0 Å². The van der Waals surface area contributed by atoms with E-state index in [2.05, 4.69) is 25.9 Å². The summed E-state index contributed by atoms with van der Waals surface area (Å²) in [5.41, 5.74) is 0. The molecule has 0 saturated carbocycles. The third-order valence-electron chi connectivity index (χ3n) is 2.86. The first-order valence-electron chi connectivity index (χ1n) is 6.13. The van der Waals surface area contributed by atoms with E-state index in [9.17, 15) is 0 Å². The topological polar surface area (TPSA) is 12.0 Å². The Morgan fingerprint density at radius 2 is 1.79 bits per heavy atom. The SMILES string of the molecule is C=CCCCCCCCC(CC)NC. The molecule has 0 bridgehead atoms. The van der Waals surface area contributed by atoms with Crippen LogP contribution in [0, 0.1) is 0 Å². The van der Waals surface area contributed by atoms with Gasteiger partial charge < -0.3 is 5.32 Å². The molecule has 0 aliphatic rings. The molecule has 1 atom stereocenters. The van der Waals surface area contributed by atoms with E-state index in [-0.39, 0.29) is 0 Å². The highest BCUT2D eigenvalue weighted by molar-refractivity contribution is 4.65. The normalized spacial score (nSPS) is 12.7. The molecule has 0 aromatic rings. The minimum Gasteiger partial charge on any atom is -0.317 e. The molecular formula is C13H27N. The van der Waals surface area contributed by atoms with Gasteiger partial charge in [-0.15, -0.1) is 6.58 Å². The molecule has 0 aromatic carbocycles. The number of nitrogens with one attached hydrogen (secondary N) is 1. The van der Waals surface area contributed by atoms with E-state index in [0.717, 1.165) is 6.04 Å². The third-order valence-corrected chi connectivity index (χ3v) is 2.86. The van der Waals surface area contributed by atoms with Crippen LogP contribution < -0.4 is 5.32 Å².